The van der Waals surface area contributed by atoms with E-state index >= 15 is 0 Å². The molecule has 0 spiro atoms. The number of nitro groups is 1. The van der Waals surface area contributed by atoms with Crippen molar-refractivity contribution in [2.45, 2.75) is 12.5 Å². The van der Waals surface area contributed by atoms with Crippen molar-refractivity contribution in [1.29, 1.82) is 0 Å². The lowest BCUT2D eigenvalue weighted by Gasteiger charge is -2.09. The predicted octanol–water partition coefficient (Wildman–Crippen LogP) is 1.47. The quantitative estimate of drug-likeness (QED) is 0.476. The minimum Gasteiger partial charge on any atom is -0.508 e. The van der Waals surface area contributed by atoms with Crippen molar-refractivity contribution in [3.8, 4) is 11.5 Å². The maximum atomic E-state index is 10.7. The first kappa shape index (κ1) is 10.7. The summed E-state index contributed by atoms with van der Waals surface area (Å²) in [6, 6.07) is 3.69. The molecule has 1 aliphatic rings. The molecular weight excluding hydrogens is 214 g/mol. The highest BCUT2D eigenvalue weighted by atomic mass is 16.6. The number of rotatable bonds is 4. The van der Waals surface area contributed by atoms with E-state index in [1.165, 1.54) is 18.2 Å². The van der Waals surface area contributed by atoms with Gasteiger partial charge in [0.2, 0.25) is 5.75 Å². The molecule has 6 nitrogen and oxygen atoms in total. The summed E-state index contributed by atoms with van der Waals surface area (Å²) in [5.74, 6) is -0.0100. The molecule has 0 saturated carbocycles. The van der Waals surface area contributed by atoms with Crippen LogP contribution in [0.25, 0.3) is 0 Å². The van der Waals surface area contributed by atoms with E-state index < -0.39 is 4.92 Å². The summed E-state index contributed by atoms with van der Waals surface area (Å²) in [5, 5.41) is 19.9. The summed E-state index contributed by atoms with van der Waals surface area (Å²) in [5.41, 5.74) is -0.513. The molecule has 0 aromatic heterocycles. The standard InChI is InChI=1S/C10H11NO5/c1-10(6-16-10)5-15-9-4-7(12)2-3-8(9)11(13)14/h2-4,12H,5-6H2,1H3. The summed E-state index contributed by atoms with van der Waals surface area (Å²) in [6.07, 6.45) is 0. The highest BCUT2D eigenvalue weighted by Gasteiger charge is 2.40. The van der Waals surface area contributed by atoms with Crippen LogP contribution in [0.2, 0.25) is 0 Å². The van der Waals surface area contributed by atoms with Crippen molar-refractivity contribution >= 4 is 5.69 Å². The van der Waals surface area contributed by atoms with Crippen molar-refractivity contribution in [2.24, 2.45) is 0 Å². The van der Waals surface area contributed by atoms with Gasteiger partial charge in [0.1, 0.15) is 18.0 Å². The van der Waals surface area contributed by atoms with E-state index in [1.54, 1.807) is 0 Å². The molecule has 2 rings (SSSR count). The van der Waals surface area contributed by atoms with E-state index in [-0.39, 0.29) is 29.4 Å². The molecule has 1 heterocycles. The zero-order valence-electron chi connectivity index (χ0n) is 8.67. The SMILES string of the molecule is CC1(COc2cc(O)ccc2[N+](=O)[O-])CO1. The lowest BCUT2D eigenvalue weighted by Crippen LogP contribution is -2.17. The molecule has 1 aromatic carbocycles. The Hall–Kier alpha value is -1.82. The number of aromatic hydroxyl groups is 1. The van der Waals surface area contributed by atoms with Crippen LogP contribution in [0.15, 0.2) is 18.2 Å². The van der Waals surface area contributed by atoms with Crippen LogP contribution < -0.4 is 4.74 Å². The first-order valence-corrected chi connectivity index (χ1v) is 4.74. The second kappa shape index (κ2) is 3.64. The molecule has 1 fully saturated rings. The third-order valence-electron chi connectivity index (χ3n) is 2.31. The molecule has 1 aromatic rings. The van der Waals surface area contributed by atoms with Gasteiger partial charge in [-0.25, -0.2) is 0 Å². The molecule has 0 bridgehead atoms. The zero-order chi connectivity index (χ0) is 11.8. The van der Waals surface area contributed by atoms with Crippen molar-refractivity contribution < 1.29 is 19.5 Å². The average Bonchev–Trinajstić information content (AvgIpc) is 2.94. The van der Waals surface area contributed by atoms with Gasteiger partial charge in [-0.05, 0) is 13.0 Å². The number of phenolic OH excluding ortho intramolecular Hbond substituents is 1. The van der Waals surface area contributed by atoms with Gasteiger partial charge in [0.15, 0.2) is 0 Å². The highest BCUT2D eigenvalue weighted by molar-refractivity contribution is 5.50. The summed E-state index contributed by atoms with van der Waals surface area (Å²) in [7, 11) is 0. The fraction of sp³-hybridized carbons (Fsp3) is 0.400. The Morgan fingerprint density at radius 2 is 2.38 bits per heavy atom. The molecule has 1 N–H and O–H groups in total. The van der Waals surface area contributed by atoms with E-state index in [1.807, 2.05) is 6.92 Å². The Morgan fingerprint density at radius 3 is 2.94 bits per heavy atom. The summed E-state index contributed by atoms with van der Waals surface area (Å²) >= 11 is 0. The molecule has 1 saturated heterocycles. The second-order valence-corrected chi connectivity index (χ2v) is 3.94. The summed E-state index contributed by atoms with van der Waals surface area (Å²) in [6.45, 7) is 2.67. The predicted molar refractivity (Wildman–Crippen MR) is 54.6 cm³/mol. The maximum absolute atomic E-state index is 10.7. The van der Waals surface area contributed by atoms with Crippen molar-refractivity contribution in [3.63, 3.8) is 0 Å². The smallest absolute Gasteiger partial charge is 0.311 e. The zero-order valence-corrected chi connectivity index (χ0v) is 8.67. The van der Waals surface area contributed by atoms with Crippen LogP contribution >= 0.6 is 0 Å². The van der Waals surface area contributed by atoms with Crippen LogP contribution in [0.1, 0.15) is 6.92 Å². The Kier molecular flexibility index (Phi) is 2.43. The van der Waals surface area contributed by atoms with Gasteiger partial charge in [-0.1, -0.05) is 0 Å². The Labute approximate surface area is 91.6 Å². The Balaban J connectivity index is 2.16. The molecule has 16 heavy (non-hydrogen) atoms. The number of hydrogen-bond donors (Lipinski definition) is 1. The fourth-order valence-electron chi connectivity index (χ4n) is 1.21. The third kappa shape index (κ3) is 2.22. The topological polar surface area (TPSA) is 85.1 Å². The van der Waals surface area contributed by atoms with Crippen LogP contribution in [-0.2, 0) is 4.74 Å². The van der Waals surface area contributed by atoms with Crippen LogP contribution in [-0.4, -0.2) is 28.8 Å². The minimum absolute atomic E-state index is 0.0572. The van der Waals surface area contributed by atoms with Gasteiger partial charge in [-0.3, -0.25) is 10.1 Å². The Bertz CT molecular complexity index is 427. The number of ether oxygens (including phenoxy) is 2. The number of benzene rings is 1. The van der Waals surface area contributed by atoms with E-state index in [9.17, 15) is 15.2 Å². The van der Waals surface area contributed by atoms with Crippen molar-refractivity contribution in [3.05, 3.63) is 28.3 Å². The first-order valence-electron chi connectivity index (χ1n) is 4.74. The molecule has 86 valence electrons. The fourth-order valence-corrected chi connectivity index (χ4v) is 1.21. The molecule has 1 aliphatic heterocycles. The molecule has 0 amide bonds. The van der Waals surface area contributed by atoms with E-state index in [0.29, 0.717) is 6.61 Å². The van der Waals surface area contributed by atoms with Gasteiger partial charge in [-0.15, -0.1) is 0 Å². The number of nitrogens with zero attached hydrogens (tertiary/aromatic N) is 1. The Morgan fingerprint density at radius 1 is 1.69 bits per heavy atom. The monoisotopic (exact) mass is 225 g/mol. The molecule has 1 unspecified atom stereocenters. The van der Waals surface area contributed by atoms with Crippen molar-refractivity contribution in [1.82, 2.24) is 0 Å². The van der Waals surface area contributed by atoms with Gasteiger partial charge in [0.05, 0.1) is 11.5 Å². The molecule has 1 atom stereocenters. The van der Waals surface area contributed by atoms with Crippen LogP contribution in [0.4, 0.5) is 5.69 Å². The minimum atomic E-state index is -0.551. The number of phenols is 1. The van der Waals surface area contributed by atoms with E-state index in [4.69, 9.17) is 9.47 Å². The normalized spacial score (nSPS) is 22.8. The highest BCUT2D eigenvalue weighted by Crippen LogP contribution is 2.33. The van der Waals surface area contributed by atoms with Gasteiger partial charge in [0.25, 0.3) is 0 Å². The first-order chi connectivity index (χ1) is 7.50. The molecule has 0 aliphatic carbocycles. The van der Waals surface area contributed by atoms with Gasteiger partial charge < -0.3 is 14.6 Å². The third-order valence-corrected chi connectivity index (χ3v) is 2.31. The molecule has 0 radical (unpaired) electrons. The van der Waals surface area contributed by atoms with Gasteiger partial charge >= 0.3 is 5.69 Å². The average molecular weight is 225 g/mol. The number of epoxide rings is 1. The van der Waals surface area contributed by atoms with Crippen LogP contribution in [0.3, 0.4) is 0 Å². The number of nitro benzene ring substituents is 1. The molecule has 6 heteroatoms. The van der Waals surface area contributed by atoms with Crippen LogP contribution in [0, 0.1) is 10.1 Å². The maximum Gasteiger partial charge on any atom is 0.311 e. The van der Waals surface area contributed by atoms with Gasteiger partial charge in [0, 0.05) is 12.1 Å². The lowest BCUT2D eigenvalue weighted by atomic mass is 10.2. The second-order valence-electron chi connectivity index (χ2n) is 3.94. The van der Waals surface area contributed by atoms with Gasteiger partial charge in [-0.2, -0.15) is 0 Å². The summed E-state index contributed by atoms with van der Waals surface area (Å²) in [4.78, 5) is 10.1. The van der Waals surface area contributed by atoms with Crippen LogP contribution in [0.5, 0.6) is 11.5 Å². The van der Waals surface area contributed by atoms with Crippen molar-refractivity contribution in [2.75, 3.05) is 13.2 Å². The molecular formula is C10H11NO5. The summed E-state index contributed by atoms with van der Waals surface area (Å²) < 4.78 is 10.4. The van der Waals surface area contributed by atoms with E-state index in [2.05, 4.69) is 0 Å². The van der Waals surface area contributed by atoms with E-state index in [0.717, 1.165) is 0 Å². The largest absolute Gasteiger partial charge is 0.508 e. The lowest BCUT2D eigenvalue weighted by molar-refractivity contribution is -0.385. The number of hydrogen-bond acceptors (Lipinski definition) is 5.